The van der Waals surface area contributed by atoms with E-state index in [1.54, 1.807) is 11.3 Å². The lowest BCUT2D eigenvalue weighted by molar-refractivity contribution is -0.137. The number of aliphatic carboxylic acids is 1. The van der Waals surface area contributed by atoms with E-state index >= 15 is 0 Å². The summed E-state index contributed by atoms with van der Waals surface area (Å²) in [5.41, 5.74) is 0. The van der Waals surface area contributed by atoms with Gasteiger partial charge in [-0.15, -0.1) is 11.3 Å². The number of carbonyl (C=O) groups is 2. The zero-order chi connectivity index (χ0) is 15.4. The van der Waals surface area contributed by atoms with Crippen molar-refractivity contribution >= 4 is 39.1 Å². The zero-order valence-electron chi connectivity index (χ0n) is 12.0. The predicted molar refractivity (Wildman–Crippen MR) is 86.6 cm³/mol. The van der Waals surface area contributed by atoms with Crippen LogP contribution in [0, 0.1) is 5.92 Å². The fraction of sp³-hybridized carbons (Fsp3) is 0.600. The summed E-state index contributed by atoms with van der Waals surface area (Å²) >= 11 is 5.02. The lowest BCUT2D eigenvalue weighted by Crippen LogP contribution is -2.41. The van der Waals surface area contributed by atoms with Crippen LogP contribution < -0.4 is 0 Å². The summed E-state index contributed by atoms with van der Waals surface area (Å²) in [7, 11) is 0. The lowest BCUT2D eigenvalue weighted by Gasteiger charge is -2.34. The van der Waals surface area contributed by atoms with Crippen molar-refractivity contribution in [3.63, 3.8) is 0 Å². The normalized spacial score (nSPS) is 20.3. The number of carboxylic acids is 1. The topological polar surface area (TPSA) is 57.6 Å². The van der Waals surface area contributed by atoms with E-state index in [0.29, 0.717) is 18.9 Å². The average molecular weight is 374 g/mol. The molecule has 4 nitrogen and oxygen atoms in total. The van der Waals surface area contributed by atoms with Crippen LogP contribution >= 0.6 is 27.3 Å². The van der Waals surface area contributed by atoms with Crippen LogP contribution in [0.5, 0.6) is 0 Å². The van der Waals surface area contributed by atoms with E-state index < -0.39 is 5.97 Å². The molecule has 0 unspecified atom stereocenters. The van der Waals surface area contributed by atoms with Crippen LogP contribution in [0.2, 0.25) is 0 Å². The summed E-state index contributed by atoms with van der Waals surface area (Å²) in [5, 5.41) is 8.77. The second-order valence-corrected chi connectivity index (χ2v) is 8.08. The van der Waals surface area contributed by atoms with E-state index in [-0.39, 0.29) is 18.2 Å². The van der Waals surface area contributed by atoms with E-state index in [0.717, 1.165) is 28.0 Å². The molecule has 2 atom stereocenters. The quantitative estimate of drug-likeness (QED) is 0.855. The Kier molecular flexibility index (Phi) is 5.81. The van der Waals surface area contributed by atoms with E-state index in [2.05, 4.69) is 15.9 Å². The number of piperidine rings is 1. The summed E-state index contributed by atoms with van der Waals surface area (Å²) < 4.78 is 1.04. The van der Waals surface area contributed by atoms with Crippen molar-refractivity contribution in [3.8, 4) is 0 Å². The van der Waals surface area contributed by atoms with Gasteiger partial charge in [-0.25, -0.2) is 0 Å². The van der Waals surface area contributed by atoms with Crippen molar-refractivity contribution in [1.29, 1.82) is 0 Å². The van der Waals surface area contributed by atoms with Crippen LogP contribution in [-0.2, 0) is 9.59 Å². The molecule has 116 valence electrons. The van der Waals surface area contributed by atoms with Gasteiger partial charge in [0.15, 0.2) is 0 Å². The largest absolute Gasteiger partial charge is 0.481 e. The predicted octanol–water partition coefficient (Wildman–Crippen LogP) is 3.72. The highest BCUT2D eigenvalue weighted by atomic mass is 79.9. The molecule has 2 heterocycles. The Morgan fingerprint density at radius 3 is 2.90 bits per heavy atom. The number of amides is 1. The van der Waals surface area contributed by atoms with E-state index in [1.165, 1.54) is 0 Å². The van der Waals surface area contributed by atoms with Gasteiger partial charge in [-0.2, -0.15) is 0 Å². The summed E-state index contributed by atoms with van der Waals surface area (Å²) in [6.07, 6.45) is 2.85. The van der Waals surface area contributed by atoms with Gasteiger partial charge in [0.2, 0.25) is 5.91 Å². The van der Waals surface area contributed by atoms with Crippen LogP contribution in [0.4, 0.5) is 0 Å². The summed E-state index contributed by atoms with van der Waals surface area (Å²) in [5.74, 6) is -0.403. The molecule has 1 aromatic rings. The standard InChI is InChI=1S/C15H20BrNO3S/c1-10(12-5-6-13(16)21-12)15(20)17-8-2-3-11(9-17)4-7-14(18)19/h5-6,10-11H,2-4,7-9H2,1H3,(H,18,19)/t10-,11-/m1/s1. The van der Waals surface area contributed by atoms with Crippen LogP contribution in [0.15, 0.2) is 15.9 Å². The highest BCUT2D eigenvalue weighted by Crippen LogP contribution is 2.31. The van der Waals surface area contributed by atoms with Gasteiger partial charge in [-0.05, 0) is 60.2 Å². The SMILES string of the molecule is C[C@@H](C(=O)N1CCC[C@H](CCC(=O)O)C1)c1ccc(Br)s1. The number of hydrogen-bond donors (Lipinski definition) is 1. The fourth-order valence-corrected chi connectivity index (χ4v) is 4.25. The number of halogens is 1. The molecular formula is C15H20BrNO3S. The molecule has 6 heteroatoms. The van der Waals surface area contributed by atoms with Crippen LogP contribution in [0.1, 0.15) is 43.4 Å². The third-order valence-electron chi connectivity index (χ3n) is 3.99. The van der Waals surface area contributed by atoms with Gasteiger partial charge in [-0.3, -0.25) is 9.59 Å². The van der Waals surface area contributed by atoms with Gasteiger partial charge >= 0.3 is 5.97 Å². The lowest BCUT2D eigenvalue weighted by atomic mass is 9.92. The minimum atomic E-state index is -0.754. The molecule has 1 aliphatic rings. The third-order valence-corrected chi connectivity index (χ3v) is 5.79. The number of nitrogens with zero attached hydrogens (tertiary/aromatic N) is 1. The van der Waals surface area contributed by atoms with E-state index in [9.17, 15) is 9.59 Å². The molecule has 1 saturated heterocycles. The van der Waals surface area contributed by atoms with Crippen molar-refractivity contribution in [2.75, 3.05) is 13.1 Å². The Labute approximate surface area is 137 Å². The van der Waals surface area contributed by atoms with Crippen molar-refractivity contribution in [1.82, 2.24) is 4.90 Å². The maximum atomic E-state index is 12.6. The van der Waals surface area contributed by atoms with Gasteiger partial charge < -0.3 is 10.0 Å². The first-order valence-electron chi connectivity index (χ1n) is 7.23. The molecule has 0 bridgehead atoms. The molecule has 2 rings (SSSR count). The summed E-state index contributed by atoms with van der Waals surface area (Å²) in [4.78, 5) is 26.2. The van der Waals surface area contributed by atoms with Crippen LogP contribution in [0.3, 0.4) is 0 Å². The first-order valence-corrected chi connectivity index (χ1v) is 8.84. The minimum absolute atomic E-state index is 0.125. The Morgan fingerprint density at radius 2 is 2.29 bits per heavy atom. The highest BCUT2D eigenvalue weighted by Gasteiger charge is 2.28. The number of hydrogen-bond acceptors (Lipinski definition) is 3. The summed E-state index contributed by atoms with van der Waals surface area (Å²) in [6, 6.07) is 3.96. The van der Waals surface area contributed by atoms with E-state index in [1.807, 2.05) is 24.0 Å². The highest BCUT2D eigenvalue weighted by molar-refractivity contribution is 9.11. The first-order chi connectivity index (χ1) is 9.97. The Bertz CT molecular complexity index is 517. The maximum absolute atomic E-state index is 12.6. The molecule has 1 amide bonds. The summed E-state index contributed by atoms with van der Waals surface area (Å²) in [6.45, 7) is 3.43. The van der Waals surface area contributed by atoms with Gasteiger partial charge in [-0.1, -0.05) is 0 Å². The molecular weight excluding hydrogens is 354 g/mol. The molecule has 21 heavy (non-hydrogen) atoms. The van der Waals surface area contributed by atoms with Crippen molar-refractivity contribution in [2.45, 2.75) is 38.5 Å². The Morgan fingerprint density at radius 1 is 1.52 bits per heavy atom. The second-order valence-electron chi connectivity index (χ2n) is 5.59. The third kappa shape index (κ3) is 4.54. The smallest absolute Gasteiger partial charge is 0.303 e. The second kappa shape index (κ2) is 7.40. The van der Waals surface area contributed by atoms with Crippen molar-refractivity contribution in [2.24, 2.45) is 5.92 Å². The fourth-order valence-electron chi connectivity index (χ4n) is 2.79. The minimum Gasteiger partial charge on any atom is -0.481 e. The molecule has 1 N–H and O–H groups in total. The Balaban J connectivity index is 1.93. The van der Waals surface area contributed by atoms with Crippen LogP contribution in [0.25, 0.3) is 0 Å². The first kappa shape index (κ1) is 16.5. The van der Waals surface area contributed by atoms with Gasteiger partial charge in [0.05, 0.1) is 9.70 Å². The molecule has 1 fully saturated rings. The number of rotatable bonds is 5. The van der Waals surface area contributed by atoms with Gasteiger partial charge in [0.25, 0.3) is 0 Å². The van der Waals surface area contributed by atoms with Crippen molar-refractivity contribution < 1.29 is 14.7 Å². The molecule has 0 aliphatic carbocycles. The average Bonchev–Trinajstić information content (AvgIpc) is 2.90. The number of thiophene rings is 1. The van der Waals surface area contributed by atoms with Gasteiger partial charge in [0, 0.05) is 24.4 Å². The molecule has 0 radical (unpaired) electrons. The van der Waals surface area contributed by atoms with Crippen LogP contribution in [-0.4, -0.2) is 35.0 Å². The maximum Gasteiger partial charge on any atom is 0.303 e. The van der Waals surface area contributed by atoms with Gasteiger partial charge in [0.1, 0.15) is 0 Å². The molecule has 1 aliphatic heterocycles. The number of likely N-dealkylation sites (tertiary alicyclic amines) is 1. The molecule has 0 aromatic carbocycles. The van der Waals surface area contributed by atoms with Crippen molar-refractivity contribution in [3.05, 3.63) is 20.8 Å². The zero-order valence-corrected chi connectivity index (χ0v) is 14.5. The Hall–Kier alpha value is -0.880. The molecule has 1 aromatic heterocycles. The molecule has 0 spiro atoms. The number of carbonyl (C=O) groups excluding carboxylic acids is 1. The number of carboxylic acid groups (broad SMARTS) is 1. The van der Waals surface area contributed by atoms with E-state index in [4.69, 9.17) is 5.11 Å². The molecule has 0 saturated carbocycles. The monoisotopic (exact) mass is 373 g/mol.